The lowest BCUT2D eigenvalue weighted by molar-refractivity contribution is 0.141. The van der Waals surface area contributed by atoms with Crippen LogP contribution in [0, 0.1) is 11.8 Å². The zero-order chi connectivity index (χ0) is 39.6. The van der Waals surface area contributed by atoms with E-state index in [4.69, 9.17) is 14.5 Å². The van der Waals surface area contributed by atoms with Crippen LogP contribution in [0.25, 0.3) is 16.5 Å². The molecule has 3 atom stereocenters. The van der Waals surface area contributed by atoms with E-state index in [2.05, 4.69) is 81.6 Å². The van der Waals surface area contributed by atoms with Gasteiger partial charge in [0.15, 0.2) is 11.6 Å². The van der Waals surface area contributed by atoms with E-state index in [-0.39, 0.29) is 17.2 Å². The number of aromatic hydroxyl groups is 1. The molecule has 0 spiro atoms. The highest BCUT2D eigenvalue weighted by Crippen LogP contribution is 2.38. The Labute approximate surface area is 337 Å². The number of rotatable bonds is 12. The minimum absolute atomic E-state index is 0.0772. The molecule has 6 heterocycles. The number of anilines is 1. The molecule has 0 radical (unpaired) electrons. The maximum atomic E-state index is 17.2. The van der Waals surface area contributed by atoms with Crippen LogP contribution in [0.15, 0.2) is 73.1 Å². The number of benzene rings is 2. The lowest BCUT2D eigenvalue weighted by Gasteiger charge is -2.38. The second-order valence-corrected chi connectivity index (χ2v) is 17.1. The van der Waals surface area contributed by atoms with E-state index in [0.717, 1.165) is 125 Å². The summed E-state index contributed by atoms with van der Waals surface area (Å²) in [7, 11) is 0. The summed E-state index contributed by atoms with van der Waals surface area (Å²) < 4.78 is 22.9. The molecule has 57 heavy (non-hydrogen) atoms. The van der Waals surface area contributed by atoms with Crippen LogP contribution in [0.1, 0.15) is 76.2 Å². The fourth-order valence-electron chi connectivity index (χ4n) is 9.47. The SMILES string of the molecule is C=N/C(=C1/C=NC(c2cc(O)cc3cccc(CC)c23)=C(F)C1=NCCN1CCC(CN2CCN(c3cc(C(C)C(C)C)on3)CC2)CC1)N1CC2CCC(C1)N2. The fraction of sp³-hybridized carbons (Fsp3) is 0.556. The number of aromatic nitrogens is 1. The number of allylic oxidation sites excluding steroid dienone is 2. The van der Waals surface area contributed by atoms with Crippen LogP contribution in [-0.2, 0) is 6.42 Å². The van der Waals surface area contributed by atoms with E-state index in [9.17, 15) is 5.11 Å². The van der Waals surface area contributed by atoms with Gasteiger partial charge in [0.25, 0.3) is 0 Å². The summed E-state index contributed by atoms with van der Waals surface area (Å²) in [5.41, 5.74) is 2.68. The first-order chi connectivity index (χ1) is 27.7. The quantitative estimate of drug-likeness (QED) is 0.192. The average molecular weight is 778 g/mol. The van der Waals surface area contributed by atoms with Gasteiger partial charge < -0.3 is 29.6 Å². The molecule has 5 aliphatic rings. The van der Waals surface area contributed by atoms with Crippen molar-refractivity contribution in [1.82, 2.24) is 25.2 Å². The third kappa shape index (κ3) is 8.45. The Kier molecular flexibility index (Phi) is 11.9. The van der Waals surface area contributed by atoms with Gasteiger partial charge in [-0.05, 0) is 92.2 Å². The Morgan fingerprint density at radius 3 is 2.46 bits per heavy atom. The molecule has 1 aromatic heterocycles. The standard InChI is InChI=1S/C45H60FN9O2/c1-6-32-8-7-9-33-22-36(56)23-37(41(32)33)43-42(46)44(38(25-49-43)45(47-5)55-27-34-10-11-35(28-55)50-34)48-14-17-52-15-12-31(13-16-52)26-53-18-20-54(21-19-53)40-24-39(57-51-40)30(4)29(2)3/h7-9,22-25,29-31,34-35,50,56H,5-6,10-21,26-28H2,1-4H3/b45-38+,48-44?. The number of nitrogens with one attached hydrogen (secondary N) is 1. The molecule has 3 aromatic rings. The highest BCUT2D eigenvalue weighted by Gasteiger charge is 2.36. The largest absolute Gasteiger partial charge is 0.508 e. The van der Waals surface area contributed by atoms with Gasteiger partial charge in [-0.3, -0.25) is 14.9 Å². The minimum atomic E-state index is -0.488. The third-order valence-electron chi connectivity index (χ3n) is 13.2. The fourth-order valence-corrected chi connectivity index (χ4v) is 9.47. The Balaban J connectivity index is 0.945. The van der Waals surface area contributed by atoms with E-state index < -0.39 is 5.83 Å². The van der Waals surface area contributed by atoms with Gasteiger partial charge in [0, 0.05) is 88.2 Å². The van der Waals surface area contributed by atoms with Crippen LogP contribution >= 0.6 is 0 Å². The molecule has 0 aliphatic carbocycles. The molecule has 3 unspecified atom stereocenters. The van der Waals surface area contributed by atoms with Crippen LogP contribution in [-0.4, -0.2) is 128 Å². The van der Waals surface area contributed by atoms with Gasteiger partial charge in [-0.25, -0.2) is 9.38 Å². The summed E-state index contributed by atoms with van der Waals surface area (Å²) in [4.78, 5) is 23.9. The van der Waals surface area contributed by atoms with E-state index in [1.54, 1.807) is 18.3 Å². The molecule has 2 N–H and O–H groups in total. The number of halogens is 1. The van der Waals surface area contributed by atoms with Crippen molar-refractivity contribution in [3.8, 4) is 5.75 Å². The number of hydrogen-bond donors (Lipinski definition) is 2. The molecule has 8 rings (SSSR count). The summed E-state index contributed by atoms with van der Waals surface area (Å²) in [6, 6.07) is 12.2. The molecular formula is C45H60FN9O2. The van der Waals surface area contributed by atoms with E-state index in [1.165, 1.54) is 0 Å². The zero-order valence-corrected chi connectivity index (χ0v) is 34.3. The van der Waals surface area contributed by atoms with Crippen LogP contribution in [0.4, 0.5) is 10.2 Å². The van der Waals surface area contributed by atoms with Gasteiger partial charge in [-0.15, -0.1) is 0 Å². The monoisotopic (exact) mass is 777 g/mol. The van der Waals surface area contributed by atoms with Crippen molar-refractivity contribution in [1.29, 1.82) is 0 Å². The average Bonchev–Trinajstić information content (AvgIpc) is 3.85. The molecule has 11 nitrogen and oxygen atoms in total. The number of nitrogens with zero attached hydrogens (tertiary/aromatic N) is 8. The smallest absolute Gasteiger partial charge is 0.175 e. The van der Waals surface area contributed by atoms with Gasteiger partial charge >= 0.3 is 0 Å². The van der Waals surface area contributed by atoms with E-state index >= 15 is 4.39 Å². The first kappa shape index (κ1) is 39.4. The number of fused-ring (bicyclic) bond motifs is 3. The highest BCUT2D eigenvalue weighted by atomic mass is 19.1. The summed E-state index contributed by atoms with van der Waals surface area (Å²) in [5, 5.41) is 20.6. The number of piperidine rings is 1. The Morgan fingerprint density at radius 1 is 1.00 bits per heavy atom. The number of aliphatic imine (C=N–C) groups is 3. The molecule has 12 heteroatoms. The second-order valence-electron chi connectivity index (χ2n) is 17.1. The van der Waals surface area contributed by atoms with E-state index in [0.29, 0.717) is 53.3 Å². The zero-order valence-electron chi connectivity index (χ0n) is 34.3. The normalized spacial score (nSPS) is 24.7. The molecule has 0 saturated carbocycles. The summed E-state index contributed by atoms with van der Waals surface area (Å²) >= 11 is 0. The first-order valence-corrected chi connectivity index (χ1v) is 21.3. The van der Waals surface area contributed by atoms with Gasteiger partial charge in [-0.2, -0.15) is 0 Å². The summed E-state index contributed by atoms with van der Waals surface area (Å²) in [5.74, 6) is 3.71. The molecule has 4 saturated heterocycles. The molecule has 304 valence electrons. The van der Waals surface area contributed by atoms with Crippen LogP contribution < -0.4 is 10.2 Å². The maximum absolute atomic E-state index is 17.2. The number of phenols is 1. The predicted octanol–water partition coefficient (Wildman–Crippen LogP) is 6.90. The van der Waals surface area contributed by atoms with Crippen LogP contribution in [0.2, 0.25) is 0 Å². The van der Waals surface area contributed by atoms with Crippen molar-refractivity contribution >= 4 is 40.9 Å². The highest BCUT2D eigenvalue weighted by molar-refractivity contribution is 6.29. The van der Waals surface area contributed by atoms with Crippen LogP contribution in [0.5, 0.6) is 5.75 Å². The topological polar surface area (TPSA) is 108 Å². The number of hydrogen-bond acceptors (Lipinski definition) is 11. The lowest BCUT2D eigenvalue weighted by Crippen LogP contribution is -2.50. The Hall–Kier alpha value is -4.39. The predicted molar refractivity (Wildman–Crippen MR) is 229 cm³/mol. The van der Waals surface area contributed by atoms with Gasteiger partial charge in [0.1, 0.15) is 28.7 Å². The number of piperazine rings is 2. The van der Waals surface area contributed by atoms with Crippen molar-refractivity contribution in [2.75, 3.05) is 76.9 Å². The van der Waals surface area contributed by atoms with Crippen molar-refractivity contribution in [2.45, 2.75) is 77.8 Å². The molecule has 2 aromatic carbocycles. The minimum Gasteiger partial charge on any atom is -0.508 e. The first-order valence-electron chi connectivity index (χ1n) is 21.3. The van der Waals surface area contributed by atoms with Crippen molar-refractivity contribution in [2.24, 2.45) is 26.8 Å². The van der Waals surface area contributed by atoms with Gasteiger partial charge in [0.2, 0.25) is 0 Å². The third-order valence-corrected chi connectivity index (χ3v) is 13.2. The van der Waals surface area contributed by atoms with Gasteiger partial charge in [0.05, 0.1) is 12.1 Å². The second kappa shape index (κ2) is 17.2. The van der Waals surface area contributed by atoms with Crippen molar-refractivity contribution in [3.63, 3.8) is 0 Å². The Morgan fingerprint density at radius 2 is 1.75 bits per heavy atom. The Bertz CT molecular complexity index is 2040. The van der Waals surface area contributed by atoms with Crippen molar-refractivity contribution in [3.05, 3.63) is 70.5 Å². The molecule has 0 amide bonds. The lowest BCUT2D eigenvalue weighted by atomic mass is 9.93. The number of likely N-dealkylation sites (tertiary alicyclic amines) is 2. The number of aryl methyl sites for hydroxylation is 1. The van der Waals surface area contributed by atoms with Gasteiger partial charge in [-0.1, -0.05) is 51.1 Å². The maximum Gasteiger partial charge on any atom is 0.175 e. The number of phenolic OH excluding ortho intramolecular Hbond substituents is 1. The van der Waals surface area contributed by atoms with Crippen molar-refractivity contribution < 1.29 is 14.0 Å². The molecule has 2 bridgehead atoms. The summed E-state index contributed by atoms with van der Waals surface area (Å²) in [6.45, 7) is 22.6. The summed E-state index contributed by atoms with van der Waals surface area (Å²) in [6.07, 6.45) is 7.02. The molecule has 5 aliphatic heterocycles. The van der Waals surface area contributed by atoms with E-state index in [1.807, 2.05) is 12.1 Å². The molecular weight excluding hydrogens is 718 g/mol. The van der Waals surface area contributed by atoms with Crippen LogP contribution in [0.3, 0.4) is 0 Å². The molecule has 4 fully saturated rings.